The molecule has 5 nitrogen and oxygen atoms in total. The van der Waals surface area contributed by atoms with Crippen molar-refractivity contribution in [2.24, 2.45) is 4.99 Å². The van der Waals surface area contributed by atoms with Gasteiger partial charge < -0.3 is 10.0 Å². The van der Waals surface area contributed by atoms with Gasteiger partial charge in [-0.15, -0.1) is 0 Å². The SMILES string of the molecule is CN1/C(=C2\SC(=Nc3c(O)ccc4ccccc34)N(Cc3ccccc3)C2=O)Sc2ccccc21. The molecule has 1 N–H and O–H groups in total. The Morgan fingerprint density at radius 2 is 1.60 bits per heavy atom. The third-order valence-corrected chi connectivity index (χ3v) is 8.50. The Morgan fingerprint density at radius 1 is 0.857 bits per heavy atom. The Morgan fingerprint density at radius 3 is 2.43 bits per heavy atom. The largest absolute Gasteiger partial charge is 0.506 e. The van der Waals surface area contributed by atoms with Crippen LogP contribution in [0.4, 0.5) is 11.4 Å². The first-order valence-electron chi connectivity index (χ1n) is 11.2. The van der Waals surface area contributed by atoms with Crippen LogP contribution >= 0.6 is 23.5 Å². The molecule has 35 heavy (non-hydrogen) atoms. The fourth-order valence-corrected chi connectivity index (χ4v) is 6.61. The van der Waals surface area contributed by atoms with Crippen molar-refractivity contribution in [3.05, 3.63) is 106 Å². The summed E-state index contributed by atoms with van der Waals surface area (Å²) in [6.45, 7) is 0.398. The van der Waals surface area contributed by atoms with E-state index in [4.69, 9.17) is 4.99 Å². The third kappa shape index (κ3) is 3.87. The molecule has 0 bridgehead atoms. The average molecular weight is 496 g/mol. The molecular formula is C28H21N3O2S2. The van der Waals surface area contributed by atoms with Crippen molar-refractivity contribution in [3.8, 4) is 5.75 Å². The summed E-state index contributed by atoms with van der Waals surface area (Å²) in [6.07, 6.45) is 0. The molecule has 1 saturated heterocycles. The van der Waals surface area contributed by atoms with Crippen LogP contribution in [0.15, 0.2) is 111 Å². The molecule has 0 aliphatic carbocycles. The van der Waals surface area contributed by atoms with E-state index < -0.39 is 0 Å². The number of carbonyl (C=O) groups excluding carboxylic acids is 1. The maximum atomic E-state index is 13.8. The van der Waals surface area contributed by atoms with Crippen LogP contribution in [-0.4, -0.2) is 28.1 Å². The Hall–Kier alpha value is -3.68. The predicted octanol–water partition coefficient (Wildman–Crippen LogP) is 6.72. The van der Waals surface area contributed by atoms with Crippen LogP contribution in [0, 0.1) is 0 Å². The number of phenolic OH excluding ortho intramolecular Hbond substituents is 1. The van der Waals surface area contributed by atoms with E-state index in [0.717, 1.165) is 31.9 Å². The van der Waals surface area contributed by atoms with Gasteiger partial charge in [0.15, 0.2) is 5.17 Å². The fourth-order valence-electron chi connectivity index (χ4n) is 4.28. The van der Waals surface area contributed by atoms with E-state index in [1.165, 1.54) is 11.8 Å². The molecule has 4 aromatic rings. The summed E-state index contributed by atoms with van der Waals surface area (Å²) >= 11 is 2.96. The first-order chi connectivity index (χ1) is 17.1. The van der Waals surface area contributed by atoms with E-state index >= 15 is 0 Å². The second kappa shape index (κ2) is 8.83. The Balaban J connectivity index is 1.48. The zero-order valence-electron chi connectivity index (χ0n) is 18.9. The lowest BCUT2D eigenvalue weighted by Crippen LogP contribution is -2.29. The number of para-hydroxylation sites is 1. The van der Waals surface area contributed by atoms with Gasteiger partial charge >= 0.3 is 0 Å². The number of carbonyl (C=O) groups is 1. The summed E-state index contributed by atoms with van der Waals surface area (Å²) in [5.41, 5.74) is 2.57. The van der Waals surface area contributed by atoms with Crippen LogP contribution < -0.4 is 4.90 Å². The number of rotatable bonds is 3. The normalized spacial score (nSPS) is 18.7. The molecule has 0 spiro atoms. The maximum Gasteiger partial charge on any atom is 0.269 e. The van der Waals surface area contributed by atoms with Gasteiger partial charge in [0.05, 0.1) is 17.3 Å². The third-order valence-electron chi connectivity index (χ3n) is 6.07. The zero-order chi connectivity index (χ0) is 23.9. The van der Waals surface area contributed by atoms with Gasteiger partial charge in [0, 0.05) is 17.3 Å². The summed E-state index contributed by atoms with van der Waals surface area (Å²) in [6, 6.07) is 29.4. The van der Waals surface area contributed by atoms with Crippen molar-refractivity contribution in [1.82, 2.24) is 4.90 Å². The van der Waals surface area contributed by atoms with Gasteiger partial charge in [-0.1, -0.05) is 84.6 Å². The number of phenols is 1. The number of thioether (sulfide) groups is 2. The molecule has 0 radical (unpaired) electrons. The number of hydrogen-bond acceptors (Lipinski definition) is 6. The number of fused-ring (bicyclic) bond motifs is 2. The molecule has 2 aliphatic rings. The molecule has 172 valence electrons. The van der Waals surface area contributed by atoms with Gasteiger partial charge in [-0.2, -0.15) is 0 Å². The Kier molecular flexibility index (Phi) is 5.51. The van der Waals surface area contributed by atoms with Crippen LogP contribution in [0.5, 0.6) is 5.75 Å². The predicted molar refractivity (Wildman–Crippen MR) is 145 cm³/mol. The van der Waals surface area contributed by atoms with Crippen molar-refractivity contribution in [2.75, 3.05) is 11.9 Å². The van der Waals surface area contributed by atoms with E-state index in [0.29, 0.717) is 22.3 Å². The van der Waals surface area contributed by atoms with Gasteiger partial charge in [-0.25, -0.2) is 4.99 Å². The van der Waals surface area contributed by atoms with Crippen molar-refractivity contribution < 1.29 is 9.90 Å². The summed E-state index contributed by atoms with van der Waals surface area (Å²) < 4.78 is 0. The van der Waals surface area contributed by atoms with E-state index in [-0.39, 0.29) is 11.7 Å². The molecular weight excluding hydrogens is 474 g/mol. The van der Waals surface area contributed by atoms with E-state index in [1.54, 1.807) is 22.7 Å². The number of aliphatic imine (C=N–C) groups is 1. The first-order valence-corrected chi connectivity index (χ1v) is 12.8. The molecule has 7 heteroatoms. The van der Waals surface area contributed by atoms with Crippen LogP contribution in [0.1, 0.15) is 5.56 Å². The molecule has 1 amide bonds. The van der Waals surface area contributed by atoms with Crippen LogP contribution in [-0.2, 0) is 11.3 Å². The number of amides is 1. The topological polar surface area (TPSA) is 56.1 Å². The number of hydrogen-bond donors (Lipinski definition) is 1. The smallest absolute Gasteiger partial charge is 0.269 e. The minimum Gasteiger partial charge on any atom is -0.506 e. The lowest BCUT2D eigenvalue weighted by molar-refractivity contribution is -0.122. The van der Waals surface area contributed by atoms with Crippen LogP contribution in [0.2, 0.25) is 0 Å². The van der Waals surface area contributed by atoms with Gasteiger partial charge in [-0.3, -0.25) is 9.69 Å². The molecule has 4 aromatic carbocycles. The monoisotopic (exact) mass is 495 g/mol. The zero-order valence-corrected chi connectivity index (χ0v) is 20.5. The quantitative estimate of drug-likeness (QED) is 0.320. The molecule has 0 aromatic heterocycles. The summed E-state index contributed by atoms with van der Waals surface area (Å²) in [7, 11) is 1.99. The molecule has 2 aliphatic heterocycles. The Labute approximate surface area is 211 Å². The fraction of sp³-hybridized carbons (Fsp3) is 0.0714. The minimum atomic E-state index is -0.0838. The number of aromatic hydroxyl groups is 1. The van der Waals surface area contributed by atoms with Crippen LogP contribution in [0.3, 0.4) is 0 Å². The highest BCUT2D eigenvalue weighted by Gasteiger charge is 2.39. The summed E-state index contributed by atoms with van der Waals surface area (Å²) in [5, 5.41) is 14.0. The maximum absolute atomic E-state index is 13.8. The highest BCUT2D eigenvalue weighted by Crippen LogP contribution is 2.50. The van der Waals surface area contributed by atoms with Gasteiger partial charge in [0.2, 0.25) is 0 Å². The van der Waals surface area contributed by atoms with Gasteiger partial charge in [-0.05, 0) is 40.9 Å². The molecule has 0 unspecified atom stereocenters. The summed E-state index contributed by atoms with van der Waals surface area (Å²) in [4.78, 5) is 24.2. The van der Waals surface area contributed by atoms with Crippen molar-refractivity contribution in [2.45, 2.75) is 11.4 Å². The number of nitrogens with zero attached hydrogens (tertiary/aromatic N) is 3. The van der Waals surface area contributed by atoms with Gasteiger partial charge in [0.25, 0.3) is 5.91 Å². The second-order valence-electron chi connectivity index (χ2n) is 8.29. The van der Waals surface area contributed by atoms with Gasteiger partial charge in [0.1, 0.15) is 16.3 Å². The van der Waals surface area contributed by atoms with Crippen molar-refractivity contribution in [1.29, 1.82) is 0 Å². The minimum absolute atomic E-state index is 0.0838. The van der Waals surface area contributed by atoms with Crippen molar-refractivity contribution in [3.63, 3.8) is 0 Å². The lowest BCUT2D eigenvalue weighted by atomic mass is 10.1. The standard InChI is InChI=1S/C28H21N3O2S2/c1-30-21-13-7-8-14-23(21)34-27(30)25-26(33)31(17-18-9-3-2-4-10-18)28(35-25)29-24-20-12-6-5-11-19(20)15-16-22(24)32/h2-16,32H,17H2,1H3/b27-25+,29-28?. The molecule has 1 fully saturated rings. The molecule has 0 saturated carbocycles. The average Bonchev–Trinajstić information content (AvgIpc) is 3.38. The molecule has 0 atom stereocenters. The number of amidine groups is 1. The molecule has 2 heterocycles. The van der Waals surface area contributed by atoms with Crippen molar-refractivity contribution >= 4 is 56.7 Å². The highest BCUT2D eigenvalue weighted by molar-refractivity contribution is 8.19. The summed E-state index contributed by atoms with van der Waals surface area (Å²) in [5.74, 6) is 0.00395. The highest BCUT2D eigenvalue weighted by atomic mass is 32.2. The lowest BCUT2D eigenvalue weighted by Gasteiger charge is -2.17. The van der Waals surface area contributed by atoms with E-state index in [9.17, 15) is 9.90 Å². The number of anilines is 1. The first kappa shape index (κ1) is 21.8. The van der Waals surface area contributed by atoms with E-state index in [2.05, 4.69) is 17.0 Å². The second-order valence-corrected chi connectivity index (χ2v) is 10.3. The van der Waals surface area contributed by atoms with Crippen LogP contribution in [0.25, 0.3) is 10.8 Å². The molecule has 6 rings (SSSR count). The van der Waals surface area contributed by atoms with E-state index in [1.807, 2.05) is 79.8 Å². The Bertz CT molecular complexity index is 1530. The number of benzene rings is 4.